The molecular weight excluding hydrogens is 634 g/mol. The molecule has 2 aromatic rings. The van der Waals surface area contributed by atoms with Crippen molar-refractivity contribution < 1.29 is 24.0 Å². The van der Waals surface area contributed by atoms with E-state index in [1.165, 1.54) is 0 Å². The largest absolute Gasteiger partial charge is 0.369 e. The number of hydrogen-bond acceptors (Lipinski definition) is 9. The summed E-state index contributed by atoms with van der Waals surface area (Å²) in [5.41, 5.74) is 2.34. The van der Waals surface area contributed by atoms with Crippen molar-refractivity contribution in [2.45, 2.75) is 78.3 Å². The van der Waals surface area contributed by atoms with Gasteiger partial charge in [0.25, 0.3) is 17.7 Å². The van der Waals surface area contributed by atoms with Gasteiger partial charge in [-0.2, -0.15) is 0 Å². The van der Waals surface area contributed by atoms with Crippen LogP contribution in [-0.2, 0) is 9.59 Å². The van der Waals surface area contributed by atoms with Crippen LogP contribution < -0.4 is 20.4 Å². The number of benzene rings is 1. The molecule has 1 aromatic heterocycles. The zero-order valence-corrected chi connectivity index (χ0v) is 29.7. The van der Waals surface area contributed by atoms with Gasteiger partial charge in [-0.15, -0.1) is 0 Å². The normalized spacial score (nSPS) is 24.2. The van der Waals surface area contributed by atoms with Crippen LogP contribution in [0.1, 0.15) is 97.3 Å². The molecule has 1 aromatic carbocycles. The van der Waals surface area contributed by atoms with Crippen molar-refractivity contribution in [3.05, 3.63) is 53.2 Å². The molecule has 0 spiro atoms. The van der Waals surface area contributed by atoms with E-state index in [0.717, 1.165) is 87.9 Å². The minimum absolute atomic E-state index is 0.0494. The number of fused-ring (bicyclic) bond motifs is 1. The van der Waals surface area contributed by atoms with Crippen molar-refractivity contribution in [2.75, 3.05) is 55.6 Å². The zero-order valence-electron chi connectivity index (χ0n) is 29.7. The highest BCUT2D eigenvalue weighted by atomic mass is 16.2. The van der Waals surface area contributed by atoms with Gasteiger partial charge in [-0.05, 0) is 85.7 Å². The summed E-state index contributed by atoms with van der Waals surface area (Å²) in [6.45, 7) is 15.3. The van der Waals surface area contributed by atoms with Crippen molar-refractivity contribution in [3.8, 4) is 0 Å². The van der Waals surface area contributed by atoms with Crippen LogP contribution in [0.4, 0.5) is 11.5 Å². The Kier molecular flexibility index (Phi) is 8.94. The molecule has 50 heavy (non-hydrogen) atoms. The number of aromatic nitrogens is 1. The summed E-state index contributed by atoms with van der Waals surface area (Å²) in [5.74, 6) is -0.388. The van der Waals surface area contributed by atoms with E-state index in [1.807, 2.05) is 18.2 Å². The summed E-state index contributed by atoms with van der Waals surface area (Å²) in [6, 6.07) is 8.42. The number of amides is 5. The summed E-state index contributed by atoms with van der Waals surface area (Å²) < 4.78 is 0. The van der Waals surface area contributed by atoms with E-state index in [1.54, 1.807) is 18.3 Å². The first kappa shape index (κ1) is 34.1. The Hall–Kier alpha value is -4.32. The van der Waals surface area contributed by atoms with Crippen molar-refractivity contribution in [2.24, 2.45) is 16.7 Å². The second-order valence-electron chi connectivity index (χ2n) is 16.2. The lowest BCUT2D eigenvalue weighted by Crippen LogP contribution is -2.63. The molecule has 2 N–H and O–H groups in total. The van der Waals surface area contributed by atoms with E-state index in [4.69, 9.17) is 0 Å². The Morgan fingerprint density at radius 2 is 1.56 bits per heavy atom. The van der Waals surface area contributed by atoms with Gasteiger partial charge in [-0.1, -0.05) is 27.7 Å². The smallest absolute Gasteiger partial charge is 0.262 e. The third-order valence-corrected chi connectivity index (χ3v) is 11.7. The van der Waals surface area contributed by atoms with Crippen LogP contribution in [0.15, 0.2) is 36.5 Å². The highest BCUT2D eigenvalue weighted by Crippen LogP contribution is 2.53. The number of pyridine rings is 1. The standard InChI is InChI=1S/C38H49N7O5/c1-37(2)23-38(3,4)36(37)41-32(47)25-5-9-30(39-22-25)44-15-12-24(13-16-44)11-14-42-17-19-43(20-18-42)26-6-7-27-28(21-26)35(50)45(34(27)49)29-8-10-31(46)40-33(29)48/h5-7,9,21-22,24,29,36H,8,10-20,23H2,1-4H3,(H,41,47)(H,40,46,48). The minimum atomic E-state index is -0.959. The van der Waals surface area contributed by atoms with Gasteiger partial charge in [-0.3, -0.25) is 39.1 Å². The molecule has 3 saturated heterocycles. The number of carbonyl (C=O) groups is 5. The second-order valence-corrected chi connectivity index (χ2v) is 16.2. The predicted molar refractivity (Wildman–Crippen MR) is 189 cm³/mol. The van der Waals surface area contributed by atoms with Gasteiger partial charge in [0.05, 0.1) is 16.7 Å². The van der Waals surface area contributed by atoms with Gasteiger partial charge in [-0.25, -0.2) is 4.98 Å². The number of anilines is 2. The van der Waals surface area contributed by atoms with Gasteiger partial charge in [0.1, 0.15) is 11.9 Å². The van der Waals surface area contributed by atoms with Gasteiger partial charge in [0, 0.05) is 63.6 Å². The highest BCUT2D eigenvalue weighted by Gasteiger charge is 2.53. The van der Waals surface area contributed by atoms with Gasteiger partial charge in [0.15, 0.2) is 0 Å². The first-order chi connectivity index (χ1) is 23.8. The molecule has 1 aliphatic carbocycles. The van der Waals surface area contributed by atoms with E-state index in [2.05, 4.69) is 58.0 Å². The molecule has 0 radical (unpaired) electrons. The third kappa shape index (κ3) is 6.50. The molecule has 7 rings (SSSR count). The van der Waals surface area contributed by atoms with Crippen LogP contribution in [-0.4, -0.2) is 102 Å². The molecule has 12 nitrogen and oxygen atoms in total. The Balaban J connectivity index is 0.848. The second kappa shape index (κ2) is 13.1. The van der Waals surface area contributed by atoms with Crippen LogP contribution in [0.2, 0.25) is 0 Å². The minimum Gasteiger partial charge on any atom is -0.369 e. The lowest BCUT2D eigenvalue weighted by Gasteiger charge is -2.57. The fraction of sp³-hybridized carbons (Fsp3) is 0.579. The number of imide groups is 2. The average Bonchev–Trinajstić information content (AvgIpc) is 3.34. The van der Waals surface area contributed by atoms with Gasteiger partial charge < -0.3 is 15.1 Å². The first-order valence-corrected chi connectivity index (χ1v) is 18.2. The first-order valence-electron chi connectivity index (χ1n) is 18.2. The maximum Gasteiger partial charge on any atom is 0.262 e. The molecule has 5 amide bonds. The van der Waals surface area contributed by atoms with E-state index in [9.17, 15) is 24.0 Å². The lowest BCUT2D eigenvalue weighted by molar-refractivity contribution is -0.136. The predicted octanol–water partition coefficient (Wildman–Crippen LogP) is 3.47. The van der Waals surface area contributed by atoms with Crippen molar-refractivity contribution in [3.63, 3.8) is 0 Å². The van der Waals surface area contributed by atoms with Crippen LogP contribution >= 0.6 is 0 Å². The molecule has 12 heteroatoms. The van der Waals surface area contributed by atoms with E-state index < -0.39 is 23.8 Å². The molecule has 4 aliphatic heterocycles. The molecule has 1 atom stereocenters. The molecule has 0 bridgehead atoms. The molecule has 1 unspecified atom stereocenters. The highest BCUT2D eigenvalue weighted by molar-refractivity contribution is 6.23. The monoisotopic (exact) mass is 683 g/mol. The van der Waals surface area contributed by atoms with Crippen LogP contribution in [0, 0.1) is 16.7 Å². The Labute approximate surface area is 293 Å². The van der Waals surface area contributed by atoms with E-state index >= 15 is 0 Å². The van der Waals surface area contributed by atoms with Gasteiger partial charge in [0.2, 0.25) is 11.8 Å². The fourth-order valence-electron chi connectivity index (χ4n) is 9.32. The van der Waals surface area contributed by atoms with Crippen LogP contribution in [0.25, 0.3) is 0 Å². The molecule has 5 heterocycles. The summed E-state index contributed by atoms with van der Waals surface area (Å²) in [6.07, 6.45) is 6.45. The average molecular weight is 684 g/mol. The van der Waals surface area contributed by atoms with Crippen molar-refractivity contribution >= 4 is 41.0 Å². The molecule has 1 saturated carbocycles. The topological polar surface area (TPSA) is 135 Å². The Morgan fingerprint density at radius 1 is 0.860 bits per heavy atom. The molecule has 266 valence electrons. The van der Waals surface area contributed by atoms with Gasteiger partial charge >= 0.3 is 0 Å². The van der Waals surface area contributed by atoms with E-state index in [-0.39, 0.29) is 41.5 Å². The number of nitrogens with zero attached hydrogens (tertiary/aromatic N) is 5. The fourth-order valence-corrected chi connectivity index (χ4v) is 9.32. The number of carbonyl (C=O) groups excluding carboxylic acids is 5. The maximum absolute atomic E-state index is 13.3. The Morgan fingerprint density at radius 3 is 2.20 bits per heavy atom. The summed E-state index contributed by atoms with van der Waals surface area (Å²) >= 11 is 0. The summed E-state index contributed by atoms with van der Waals surface area (Å²) in [4.78, 5) is 76.0. The SMILES string of the molecule is CC1(C)CC(C)(C)C1NC(=O)c1ccc(N2CCC(CCN3CCN(c4ccc5c(c4)C(=O)N(C4CCC(=O)NC4=O)C5=O)CC3)CC2)nc1. The lowest BCUT2D eigenvalue weighted by atomic mass is 9.52. The maximum atomic E-state index is 13.3. The summed E-state index contributed by atoms with van der Waals surface area (Å²) in [5, 5.41) is 5.50. The molecule has 4 fully saturated rings. The number of hydrogen-bond donors (Lipinski definition) is 2. The van der Waals surface area contributed by atoms with Crippen molar-refractivity contribution in [1.29, 1.82) is 0 Å². The Bertz CT molecular complexity index is 1680. The quantitative estimate of drug-likeness (QED) is 0.401. The molecular formula is C38H49N7O5. The number of nitrogens with one attached hydrogen (secondary N) is 2. The molecule has 5 aliphatic rings. The zero-order chi connectivity index (χ0) is 35.4. The summed E-state index contributed by atoms with van der Waals surface area (Å²) in [7, 11) is 0. The van der Waals surface area contributed by atoms with Crippen molar-refractivity contribution in [1.82, 2.24) is 25.4 Å². The number of rotatable bonds is 8. The number of piperazine rings is 1. The third-order valence-electron chi connectivity index (χ3n) is 11.7. The van der Waals surface area contributed by atoms with Crippen LogP contribution in [0.3, 0.4) is 0 Å². The van der Waals surface area contributed by atoms with Crippen LogP contribution in [0.5, 0.6) is 0 Å². The number of piperidine rings is 2. The van der Waals surface area contributed by atoms with E-state index in [0.29, 0.717) is 22.6 Å².